The van der Waals surface area contributed by atoms with Gasteiger partial charge < -0.3 is 20.1 Å². The van der Waals surface area contributed by atoms with Gasteiger partial charge in [-0.15, -0.1) is 0 Å². The molecule has 0 aliphatic carbocycles. The van der Waals surface area contributed by atoms with Crippen molar-refractivity contribution in [3.8, 4) is 0 Å². The highest BCUT2D eigenvalue weighted by Crippen LogP contribution is 2.42. The monoisotopic (exact) mass is 773 g/mol. The van der Waals surface area contributed by atoms with Crippen LogP contribution in [0.25, 0.3) is 0 Å². The summed E-state index contributed by atoms with van der Waals surface area (Å²) in [7, 11) is -4.44. The maximum absolute atomic E-state index is 12.1. The zero-order valence-electron chi connectivity index (χ0n) is 33.4. The first-order chi connectivity index (χ1) is 26.3. The van der Waals surface area contributed by atoms with Crippen LogP contribution in [0.5, 0.6) is 0 Å². The maximum Gasteiger partial charge on any atom is 0.472 e. The Kier molecular flexibility index (Phi) is 37.4. The fraction of sp³-hybridized carbons (Fsp3) is 0.591. The summed E-state index contributed by atoms with van der Waals surface area (Å²) in [5, 5.41) is 12.6. The first-order valence-corrected chi connectivity index (χ1v) is 21.7. The van der Waals surface area contributed by atoms with Crippen molar-refractivity contribution in [2.45, 2.75) is 142 Å². The van der Waals surface area contributed by atoms with Crippen molar-refractivity contribution in [2.75, 3.05) is 26.4 Å². The third kappa shape index (κ3) is 40.1. The highest BCUT2D eigenvalue weighted by molar-refractivity contribution is 7.47. The van der Waals surface area contributed by atoms with E-state index in [9.17, 15) is 24.2 Å². The maximum atomic E-state index is 12.1. The van der Waals surface area contributed by atoms with E-state index in [0.29, 0.717) is 12.8 Å². The minimum absolute atomic E-state index is 0.0423. The summed E-state index contributed by atoms with van der Waals surface area (Å²) < 4.78 is 26.7. The van der Waals surface area contributed by atoms with E-state index in [0.717, 1.165) is 70.6 Å². The van der Waals surface area contributed by atoms with Gasteiger partial charge in [0.05, 0.1) is 19.6 Å². The van der Waals surface area contributed by atoms with Crippen LogP contribution in [-0.4, -0.2) is 54.3 Å². The lowest BCUT2D eigenvalue weighted by atomic mass is 10.1. The molecule has 2 unspecified atom stereocenters. The van der Waals surface area contributed by atoms with Crippen LogP contribution in [0, 0.1) is 0 Å². The van der Waals surface area contributed by atoms with Crippen molar-refractivity contribution < 1.29 is 37.9 Å². The second-order valence-electron chi connectivity index (χ2n) is 12.9. The zero-order valence-corrected chi connectivity index (χ0v) is 34.3. The molecule has 0 fully saturated rings. The molecule has 0 spiro atoms. The smallest absolute Gasteiger partial charge is 0.463 e. The van der Waals surface area contributed by atoms with E-state index < -0.39 is 26.5 Å². The fourth-order valence-electron chi connectivity index (χ4n) is 4.75. The minimum atomic E-state index is -4.44. The van der Waals surface area contributed by atoms with E-state index in [2.05, 4.69) is 98.2 Å². The summed E-state index contributed by atoms with van der Waals surface area (Å²) in [6, 6.07) is 0. The molecule has 54 heavy (non-hydrogen) atoms. The predicted octanol–water partition coefficient (Wildman–Crippen LogP) is 11.0. The molecular formula is C44H72NO8P. The quantitative estimate of drug-likeness (QED) is 0.0248. The molecule has 0 aromatic heterocycles. The molecule has 10 heteroatoms. The Balaban J connectivity index is 3.80. The molecule has 0 bridgehead atoms. The first kappa shape index (κ1) is 50.9. The number of ether oxygens (including phenoxy) is 1. The number of hydrogen-bond acceptors (Lipinski definition) is 7. The Morgan fingerprint density at radius 1 is 0.611 bits per heavy atom. The number of unbranched alkanes of at least 4 members (excludes halogenated alkanes) is 8. The predicted molar refractivity (Wildman–Crippen MR) is 224 cm³/mol. The molecule has 1 amide bonds. The number of hydrogen-bond donors (Lipinski definition) is 3. The number of aliphatic hydroxyl groups excluding tert-OH is 1. The molecule has 0 aliphatic heterocycles. The first-order valence-electron chi connectivity index (χ1n) is 20.2. The number of allylic oxidation sites excluding steroid dienone is 15. The Morgan fingerprint density at radius 3 is 1.63 bits per heavy atom. The molecule has 0 saturated heterocycles. The van der Waals surface area contributed by atoms with Gasteiger partial charge >= 0.3 is 13.8 Å². The van der Waals surface area contributed by atoms with Crippen LogP contribution in [0.3, 0.4) is 0 Å². The Bertz CT molecular complexity index is 1200. The van der Waals surface area contributed by atoms with Gasteiger partial charge in [-0.05, 0) is 77.0 Å². The summed E-state index contributed by atoms with van der Waals surface area (Å²) in [6.45, 7) is 3.25. The molecule has 0 aromatic carbocycles. The largest absolute Gasteiger partial charge is 0.472 e. The van der Waals surface area contributed by atoms with Crippen molar-refractivity contribution in [1.82, 2.24) is 5.32 Å². The van der Waals surface area contributed by atoms with E-state index >= 15 is 0 Å². The summed E-state index contributed by atoms with van der Waals surface area (Å²) in [5.41, 5.74) is 0. The molecule has 0 rings (SSSR count). The molecule has 9 nitrogen and oxygen atoms in total. The Morgan fingerprint density at radius 2 is 1.09 bits per heavy atom. The van der Waals surface area contributed by atoms with Gasteiger partial charge in [-0.2, -0.15) is 0 Å². The molecule has 2 atom stereocenters. The topological polar surface area (TPSA) is 131 Å². The van der Waals surface area contributed by atoms with Gasteiger partial charge in [-0.3, -0.25) is 18.6 Å². The number of nitrogens with one attached hydrogen (secondary N) is 1. The minimum Gasteiger partial charge on any atom is -0.463 e. The number of rotatable bonds is 36. The highest BCUT2D eigenvalue weighted by Gasteiger charge is 2.23. The number of aliphatic hydroxyl groups is 1. The highest BCUT2D eigenvalue weighted by atomic mass is 31.2. The normalized spacial score (nSPS) is 14.4. The third-order valence-corrected chi connectivity index (χ3v) is 8.77. The van der Waals surface area contributed by atoms with E-state index in [1.807, 2.05) is 12.2 Å². The van der Waals surface area contributed by atoms with E-state index in [1.165, 1.54) is 32.1 Å². The van der Waals surface area contributed by atoms with Crippen molar-refractivity contribution in [3.05, 3.63) is 97.2 Å². The Labute approximate surface area is 327 Å². The summed E-state index contributed by atoms with van der Waals surface area (Å²) in [5.74, 6) is -0.670. The summed E-state index contributed by atoms with van der Waals surface area (Å²) in [4.78, 5) is 33.7. The fourth-order valence-corrected chi connectivity index (χ4v) is 5.51. The molecule has 3 N–H and O–H groups in total. The number of carbonyl (C=O) groups is 2. The molecule has 0 saturated carbocycles. The molecular weight excluding hydrogens is 701 g/mol. The standard InChI is InChI=1S/C44H72NO8P/c1-3-5-7-9-11-13-15-17-18-19-20-21-22-23-24-25-27-29-31-33-35-37-44(48)51-40-42(46)41-53-54(49,50)52-39-38-45-43(47)36-34-32-30-28-26-16-14-12-10-8-6-4-2/h5,7,11-14,17-18,20-21,23-24,27,29,33,35,42,46H,3-4,6,8-10,15-16,19,22,25-26,28,30-32,34,36-41H2,1-2H3,(H,45,47)(H,49,50)/b7-5-,13-11-,14-12-,18-17-,21-20-,24-23-,29-27-,35-33-. The number of phosphoric ester groups is 1. The second-order valence-corrected chi connectivity index (χ2v) is 14.3. The lowest BCUT2D eigenvalue weighted by Crippen LogP contribution is -2.27. The van der Waals surface area contributed by atoms with Crippen molar-refractivity contribution in [2.24, 2.45) is 0 Å². The van der Waals surface area contributed by atoms with Gasteiger partial charge in [0, 0.05) is 13.0 Å². The number of esters is 1. The molecule has 0 aliphatic rings. The van der Waals surface area contributed by atoms with Gasteiger partial charge in [0.2, 0.25) is 5.91 Å². The molecule has 0 aromatic rings. The Hall–Kier alpha value is -3.07. The lowest BCUT2D eigenvalue weighted by Gasteiger charge is -2.15. The van der Waals surface area contributed by atoms with Crippen LogP contribution in [-0.2, 0) is 27.9 Å². The number of amides is 1. The van der Waals surface area contributed by atoms with E-state index in [1.54, 1.807) is 6.08 Å². The van der Waals surface area contributed by atoms with E-state index in [4.69, 9.17) is 13.8 Å². The third-order valence-electron chi connectivity index (χ3n) is 7.78. The van der Waals surface area contributed by atoms with Gasteiger partial charge in [0.25, 0.3) is 0 Å². The van der Waals surface area contributed by atoms with Gasteiger partial charge in [-0.1, -0.05) is 143 Å². The van der Waals surface area contributed by atoms with Gasteiger partial charge in [0.1, 0.15) is 12.7 Å². The number of phosphoric acid groups is 1. The summed E-state index contributed by atoms with van der Waals surface area (Å²) in [6.07, 6.45) is 50.8. The van der Waals surface area contributed by atoms with E-state index in [-0.39, 0.29) is 32.1 Å². The van der Waals surface area contributed by atoms with Crippen molar-refractivity contribution in [1.29, 1.82) is 0 Å². The van der Waals surface area contributed by atoms with Crippen LogP contribution < -0.4 is 5.32 Å². The van der Waals surface area contributed by atoms with Crippen LogP contribution in [0.1, 0.15) is 136 Å². The average Bonchev–Trinajstić information content (AvgIpc) is 3.16. The summed E-state index contributed by atoms with van der Waals surface area (Å²) >= 11 is 0. The van der Waals surface area contributed by atoms with Crippen LogP contribution in [0.2, 0.25) is 0 Å². The van der Waals surface area contributed by atoms with Crippen LogP contribution in [0.15, 0.2) is 97.2 Å². The van der Waals surface area contributed by atoms with Gasteiger partial charge in [-0.25, -0.2) is 4.57 Å². The number of carbonyl (C=O) groups excluding carboxylic acids is 2. The van der Waals surface area contributed by atoms with Crippen molar-refractivity contribution in [3.63, 3.8) is 0 Å². The second kappa shape index (κ2) is 39.6. The SMILES string of the molecule is CC/C=C\C/C=C\C/C=C\C/C=C\C/C=C\C/C=C\C/C=C\CC(=O)OCC(O)COP(=O)(O)OCCNC(=O)CCCCCCC/C=C\CCCCC. The zero-order chi connectivity index (χ0) is 39.6. The average molecular weight is 774 g/mol. The van der Waals surface area contributed by atoms with Crippen LogP contribution in [0.4, 0.5) is 0 Å². The molecule has 0 heterocycles. The molecule has 306 valence electrons. The van der Waals surface area contributed by atoms with Crippen molar-refractivity contribution >= 4 is 19.7 Å². The van der Waals surface area contributed by atoms with Gasteiger partial charge in [0.15, 0.2) is 0 Å². The lowest BCUT2D eigenvalue weighted by molar-refractivity contribution is -0.146. The van der Waals surface area contributed by atoms with Crippen LogP contribution >= 0.6 is 7.82 Å². The molecule has 0 radical (unpaired) electrons.